The van der Waals surface area contributed by atoms with E-state index in [1.807, 2.05) is 45.0 Å². The van der Waals surface area contributed by atoms with E-state index < -0.39 is 5.60 Å². The van der Waals surface area contributed by atoms with Gasteiger partial charge in [0, 0.05) is 25.2 Å². The highest BCUT2D eigenvalue weighted by Crippen LogP contribution is 2.23. The second-order valence-corrected chi connectivity index (χ2v) is 6.88. The number of benzene rings is 1. The lowest BCUT2D eigenvalue weighted by molar-refractivity contribution is -0.166. The minimum Gasteiger partial charge on any atom is -0.460 e. The maximum Gasteiger partial charge on any atom is 0.312 e. The van der Waals surface area contributed by atoms with Crippen molar-refractivity contribution in [3.05, 3.63) is 36.2 Å². The van der Waals surface area contributed by atoms with Crippen LogP contribution in [0.3, 0.4) is 0 Å². The number of aromatic nitrogens is 2. The molecule has 0 N–H and O–H groups in total. The maximum absolute atomic E-state index is 11.9. The summed E-state index contributed by atoms with van der Waals surface area (Å²) in [7, 11) is 0. The second-order valence-electron chi connectivity index (χ2n) is 6.88. The van der Waals surface area contributed by atoms with Gasteiger partial charge in [0.05, 0.1) is 5.92 Å². The van der Waals surface area contributed by atoms with Crippen molar-refractivity contribution in [2.75, 3.05) is 13.1 Å². The van der Waals surface area contributed by atoms with E-state index in [4.69, 9.17) is 9.26 Å². The van der Waals surface area contributed by atoms with E-state index >= 15 is 0 Å². The van der Waals surface area contributed by atoms with Crippen molar-refractivity contribution in [1.29, 1.82) is 0 Å². The molecule has 0 saturated carbocycles. The number of rotatable bonds is 4. The lowest BCUT2D eigenvalue weighted by Crippen LogP contribution is -2.51. The van der Waals surface area contributed by atoms with Crippen molar-refractivity contribution in [3.8, 4) is 11.4 Å². The van der Waals surface area contributed by atoms with E-state index in [0.717, 1.165) is 25.2 Å². The van der Waals surface area contributed by atoms with E-state index in [2.05, 4.69) is 15.0 Å². The van der Waals surface area contributed by atoms with E-state index in [-0.39, 0.29) is 11.9 Å². The first-order valence-electron chi connectivity index (χ1n) is 7.71. The monoisotopic (exact) mass is 315 g/mol. The Morgan fingerprint density at radius 3 is 2.57 bits per heavy atom. The van der Waals surface area contributed by atoms with Crippen molar-refractivity contribution in [2.24, 2.45) is 5.92 Å². The summed E-state index contributed by atoms with van der Waals surface area (Å²) in [6.07, 6.45) is 1.32. The van der Waals surface area contributed by atoms with Crippen LogP contribution in [-0.2, 0) is 16.1 Å². The fourth-order valence-corrected chi connectivity index (χ4v) is 2.55. The smallest absolute Gasteiger partial charge is 0.312 e. The third-order valence-electron chi connectivity index (χ3n) is 3.68. The van der Waals surface area contributed by atoms with Crippen LogP contribution < -0.4 is 0 Å². The Morgan fingerprint density at radius 1 is 1.30 bits per heavy atom. The Hall–Kier alpha value is -2.21. The van der Waals surface area contributed by atoms with Crippen LogP contribution >= 0.6 is 0 Å². The molecule has 0 spiro atoms. The minimum absolute atomic E-state index is 0.00664. The van der Waals surface area contributed by atoms with Crippen molar-refractivity contribution in [1.82, 2.24) is 15.0 Å². The Labute approximate surface area is 135 Å². The summed E-state index contributed by atoms with van der Waals surface area (Å²) >= 11 is 0. The van der Waals surface area contributed by atoms with Crippen molar-refractivity contribution < 1.29 is 14.1 Å². The van der Waals surface area contributed by atoms with Crippen LogP contribution in [-0.4, -0.2) is 39.7 Å². The predicted octanol–water partition coefficient (Wildman–Crippen LogP) is 2.51. The molecule has 0 unspecified atom stereocenters. The number of carbonyl (C=O) groups excluding carboxylic acids is 1. The summed E-state index contributed by atoms with van der Waals surface area (Å²) in [6, 6.07) is 8.05. The minimum atomic E-state index is -0.414. The summed E-state index contributed by atoms with van der Waals surface area (Å²) in [5.74, 6) is 0.486. The van der Waals surface area contributed by atoms with E-state index in [1.165, 1.54) is 12.0 Å². The molecule has 0 atom stereocenters. The predicted molar refractivity (Wildman–Crippen MR) is 84.3 cm³/mol. The molecule has 1 aromatic heterocycles. The summed E-state index contributed by atoms with van der Waals surface area (Å²) in [5, 5.41) is 3.82. The van der Waals surface area contributed by atoms with Crippen molar-refractivity contribution in [2.45, 2.75) is 32.9 Å². The molecule has 2 heterocycles. The highest BCUT2D eigenvalue weighted by Gasteiger charge is 2.35. The highest BCUT2D eigenvalue weighted by molar-refractivity contribution is 5.74. The number of nitrogens with zero attached hydrogens (tertiary/aromatic N) is 3. The van der Waals surface area contributed by atoms with E-state index in [9.17, 15) is 4.79 Å². The molecule has 1 aliphatic rings. The maximum atomic E-state index is 11.9. The molecule has 3 rings (SSSR count). The molecule has 1 aliphatic heterocycles. The van der Waals surface area contributed by atoms with Crippen molar-refractivity contribution >= 4 is 5.97 Å². The molecule has 23 heavy (non-hydrogen) atoms. The Balaban J connectivity index is 1.49. The summed E-state index contributed by atoms with van der Waals surface area (Å²) in [6.45, 7) is 8.01. The molecule has 0 amide bonds. The molecule has 0 bridgehead atoms. The third kappa shape index (κ3) is 3.96. The molecule has 1 saturated heterocycles. The van der Waals surface area contributed by atoms with Gasteiger partial charge in [-0.25, -0.2) is 0 Å². The van der Waals surface area contributed by atoms with Gasteiger partial charge < -0.3 is 9.26 Å². The van der Waals surface area contributed by atoms with E-state index in [1.54, 1.807) is 0 Å². The van der Waals surface area contributed by atoms with Crippen LogP contribution in [0.5, 0.6) is 0 Å². The van der Waals surface area contributed by atoms with Crippen LogP contribution in [0.25, 0.3) is 11.4 Å². The standard InChI is InChI=1S/C17H21N3O3/c1-17(2,3)23-16(21)14-9-20(10-14)8-12-4-6-13(7-5-12)15-18-11-22-19-15/h4-7,11,14H,8-10H2,1-3H3. The number of carbonyl (C=O) groups is 1. The van der Waals surface area contributed by atoms with Crippen molar-refractivity contribution in [3.63, 3.8) is 0 Å². The first-order chi connectivity index (χ1) is 10.9. The molecule has 122 valence electrons. The average Bonchev–Trinajstić information content (AvgIpc) is 2.95. The molecule has 0 aliphatic carbocycles. The zero-order chi connectivity index (χ0) is 16.4. The van der Waals surface area contributed by atoms with Crippen LogP contribution in [0, 0.1) is 5.92 Å². The van der Waals surface area contributed by atoms with Gasteiger partial charge in [0.25, 0.3) is 0 Å². The third-order valence-corrected chi connectivity index (χ3v) is 3.68. The van der Waals surface area contributed by atoms with Gasteiger partial charge in [0.1, 0.15) is 5.60 Å². The Morgan fingerprint density at radius 2 is 2.00 bits per heavy atom. The number of likely N-dealkylation sites (tertiary alicyclic amines) is 1. The number of hydrogen-bond acceptors (Lipinski definition) is 6. The SMILES string of the molecule is CC(C)(C)OC(=O)C1CN(Cc2ccc(-c3ncon3)cc2)C1. The average molecular weight is 315 g/mol. The van der Waals surface area contributed by atoms with Gasteiger partial charge in [-0.15, -0.1) is 0 Å². The zero-order valence-corrected chi connectivity index (χ0v) is 13.7. The first kappa shape index (κ1) is 15.7. The Kier molecular flexibility index (Phi) is 4.17. The summed E-state index contributed by atoms with van der Waals surface area (Å²) < 4.78 is 10.2. The van der Waals surface area contributed by atoms with Crippen LogP contribution in [0.2, 0.25) is 0 Å². The fourth-order valence-electron chi connectivity index (χ4n) is 2.55. The highest BCUT2D eigenvalue weighted by atomic mass is 16.6. The molecule has 1 aromatic carbocycles. The van der Waals surface area contributed by atoms with E-state index in [0.29, 0.717) is 5.82 Å². The summed E-state index contributed by atoms with van der Waals surface area (Å²) in [5.41, 5.74) is 1.71. The molecular formula is C17H21N3O3. The van der Waals surface area contributed by atoms with Gasteiger partial charge in [0.15, 0.2) is 0 Å². The topological polar surface area (TPSA) is 68.5 Å². The summed E-state index contributed by atoms with van der Waals surface area (Å²) in [4.78, 5) is 18.2. The van der Waals surface area contributed by atoms with Gasteiger partial charge in [-0.3, -0.25) is 9.69 Å². The van der Waals surface area contributed by atoms with Crippen LogP contribution in [0.1, 0.15) is 26.3 Å². The molecule has 2 aromatic rings. The zero-order valence-electron chi connectivity index (χ0n) is 13.7. The lowest BCUT2D eigenvalue weighted by atomic mass is 9.98. The quantitative estimate of drug-likeness (QED) is 0.808. The second kappa shape index (κ2) is 6.12. The normalized spacial score (nSPS) is 16.1. The van der Waals surface area contributed by atoms with Gasteiger partial charge in [-0.05, 0) is 26.3 Å². The van der Waals surface area contributed by atoms with Crippen LogP contribution in [0.15, 0.2) is 35.2 Å². The lowest BCUT2D eigenvalue weighted by Gasteiger charge is -2.38. The van der Waals surface area contributed by atoms with Gasteiger partial charge in [0.2, 0.25) is 12.2 Å². The molecule has 6 heteroatoms. The number of hydrogen-bond donors (Lipinski definition) is 0. The van der Waals surface area contributed by atoms with Gasteiger partial charge >= 0.3 is 5.97 Å². The molecule has 0 radical (unpaired) electrons. The number of esters is 1. The molecular weight excluding hydrogens is 294 g/mol. The first-order valence-corrected chi connectivity index (χ1v) is 7.71. The fraction of sp³-hybridized carbons (Fsp3) is 0.471. The van der Waals surface area contributed by atoms with Crippen LogP contribution in [0.4, 0.5) is 0 Å². The van der Waals surface area contributed by atoms with Gasteiger partial charge in [-0.1, -0.05) is 29.4 Å². The Bertz CT molecular complexity index is 653. The number of ether oxygens (including phenoxy) is 1. The largest absolute Gasteiger partial charge is 0.460 e. The molecule has 6 nitrogen and oxygen atoms in total. The molecule has 1 fully saturated rings. The van der Waals surface area contributed by atoms with Gasteiger partial charge in [-0.2, -0.15) is 4.98 Å².